The number of nitrogens with one attached hydrogen (secondary N) is 1. The number of fused-ring (bicyclic) bond motifs is 2. The molecule has 4 aromatic rings. The number of amides is 1. The second-order valence-electron chi connectivity index (χ2n) is 10.5. The predicted octanol–water partition coefficient (Wildman–Crippen LogP) is 8.03. The van der Waals surface area contributed by atoms with Gasteiger partial charge < -0.3 is 29.8 Å². The summed E-state index contributed by atoms with van der Waals surface area (Å²) in [6.45, 7) is 0. The molecule has 69 heavy (non-hydrogen) atoms. The number of carbonyl (C=O) groups excluding carboxylic acids is 1. The molecule has 2 aromatic carbocycles. The molecule has 0 aliphatic carbocycles. The van der Waals surface area contributed by atoms with Gasteiger partial charge in [0.05, 0.1) is 44.6 Å². The Morgan fingerprint density at radius 1 is 0.609 bits per heavy atom. The number of methoxy groups -OCH3 is 4. The fourth-order valence-electron chi connectivity index (χ4n) is 4.26. The molecule has 4 rings (SSSR count). The minimum atomic E-state index is -3.34. The fraction of sp³-hybridized carbons (Fsp3) is 0.400. The average Bonchev–Trinajstić information content (AvgIpc) is 3.98. The standard InChI is InChI=1S/C14H14F3NO4S.C14H13F3O4S.CH5N.CH4.ClH.S20/c1-21-8-6-9-7(12(15)13(8)22-2)5-10(23-9)14(16,17)4-3-11(19)18-20;1-20-8-6-9-7(12(15)13(8)21-2)5-10(22-9)14(16,17)4-3-11(18)19;1-2;;;1-3-5-7-9-11-13-15-17-19-20-18-16-14-12-10-8-6-4-2/h5-6,20H,3-4H2,1-2H3,(H,18,19);5-6H,3-4H2,1-2H3,(H,18,19);2H2,1H3;1H4;1H;. The van der Waals surface area contributed by atoms with Gasteiger partial charge in [0, 0.05) is 234 Å². The lowest BCUT2D eigenvalue weighted by atomic mass is 10.1. The smallest absolute Gasteiger partial charge is 0.303 e. The molecule has 0 bridgehead atoms. The van der Waals surface area contributed by atoms with Crippen LogP contribution < -0.4 is 30.2 Å². The number of benzene rings is 2. The van der Waals surface area contributed by atoms with Crippen LogP contribution in [0.3, 0.4) is 0 Å². The van der Waals surface area contributed by atoms with Crippen molar-refractivity contribution in [2.45, 2.75) is 45.0 Å². The van der Waals surface area contributed by atoms with Gasteiger partial charge in [0.25, 0.3) is 11.8 Å². The van der Waals surface area contributed by atoms with Crippen molar-refractivity contribution in [3.05, 3.63) is 45.7 Å². The first kappa shape index (κ1) is 71.8. The van der Waals surface area contributed by atoms with Crippen LogP contribution in [0.2, 0.25) is 0 Å². The summed E-state index contributed by atoms with van der Waals surface area (Å²) >= 11 is 10.9. The van der Waals surface area contributed by atoms with Gasteiger partial charge in [-0.15, -0.1) is 35.1 Å². The fourth-order valence-corrected chi connectivity index (χ4v) is 50.3. The summed E-state index contributed by atoms with van der Waals surface area (Å²) in [5.41, 5.74) is 5.79. The number of carboxylic acids is 1. The first-order valence-electron chi connectivity index (χ1n) is 16.5. The molecule has 5 N–H and O–H groups in total. The van der Waals surface area contributed by atoms with Crippen LogP contribution in [0.1, 0.15) is 42.9 Å². The third-order valence-electron chi connectivity index (χ3n) is 6.85. The summed E-state index contributed by atoms with van der Waals surface area (Å²) in [5, 5.41) is 16.9. The van der Waals surface area contributed by atoms with Gasteiger partial charge in [-0.3, -0.25) is 14.8 Å². The zero-order valence-corrected chi connectivity index (χ0v) is 53.0. The quantitative estimate of drug-likeness (QED) is 0.0621. The van der Waals surface area contributed by atoms with Crippen LogP contribution in [0, 0.1) is 11.6 Å². The van der Waals surface area contributed by atoms with E-state index in [1.54, 1.807) is 142 Å². The zero-order valence-electron chi connectivity index (χ0n) is 34.2. The van der Waals surface area contributed by atoms with Crippen molar-refractivity contribution in [2.75, 3.05) is 35.5 Å². The van der Waals surface area contributed by atoms with Crippen molar-refractivity contribution in [1.29, 1.82) is 0 Å². The maximum Gasteiger partial charge on any atom is 0.303 e. The number of hydroxylamine groups is 1. The number of carboxylic acid groups (broad SMARTS) is 1. The molecule has 10 nitrogen and oxygen atoms in total. The Kier molecular flexibility index (Phi) is 42.6. The topological polar surface area (TPSA) is 150 Å². The van der Waals surface area contributed by atoms with Crippen LogP contribution in [0.4, 0.5) is 26.3 Å². The van der Waals surface area contributed by atoms with Crippen LogP contribution in [0.5, 0.6) is 23.0 Å². The number of alkyl halides is 4. The van der Waals surface area contributed by atoms with Crippen molar-refractivity contribution in [3.8, 4) is 23.0 Å². The molecule has 0 aliphatic rings. The second-order valence-corrected chi connectivity index (χ2v) is 44.5. The number of halogens is 7. The van der Waals surface area contributed by atoms with E-state index in [4.69, 9.17) is 51.6 Å². The molecule has 39 heteroatoms. The van der Waals surface area contributed by atoms with Crippen molar-refractivity contribution < 1.29 is 65.2 Å². The van der Waals surface area contributed by atoms with Crippen molar-refractivity contribution in [2.24, 2.45) is 5.73 Å². The summed E-state index contributed by atoms with van der Waals surface area (Å²) < 4.78 is 105. The van der Waals surface area contributed by atoms with Gasteiger partial charge >= 0.3 is 5.97 Å². The third-order valence-corrected chi connectivity index (χ3v) is 47.0. The van der Waals surface area contributed by atoms with E-state index in [9.17, 15) is 35.9 Å². The number of hydrogen-bond donors (Lipinski definition) is 4. The average molecular weight is 1410 g/mol. The van der Waals surface area contributed by atoms with E-state index in [0.717, 1.165) is 12.1 Å². The highest BCUT2D eigenvalue weighted by Gasteiger charge is 2.36. The molecule has 0 saturated heterocycles. The minimum absolute atomic E-state index is 0. The minimum Gasteiger partial charge on any atom is -0.493 e. The van der Waals surface area contributed by atoms with E-state index in [1.165, 1.54) is 70.9 Å². The lowest BCUT2D eigenvalue weighted by Crippen LogP contribution is -2.22. The molecule has 0 saturated carbocycles. The molecule has 2 heterocycles. The highest BCUT2D eigenvalue weighted by Crippen LogP contribution is 2.46. The molecular formula is C30H37ClF6N2O8S22. The predicted molar refractivity (Wildman–Crippen MR) is 325 cm³/mol. The Morgan fingerprint density at radius 3 is 1.17 bits per heavy atom. The number of nitrogens with two attached hydrogens (primary N) is 1. The first-order valence-corrected chi connectivity index (χ1v) is 43.4. The van der Waals surface area contributed by atoms with Crippen molar-refractivity contribution in [1.82, 2.24) is 5.48 Å². The first-order chi connectivity index (χ1) is 32.0. The lowest BCUT2D eigenvalue weighted by Gasteiger charge is -2.13. The van der Waals surface area contributed by atoms with E-state index < -0.39 is 65.9 Å². The summed E-state index contributed by atoms with van der Waals surface area (Å²) in [6.07, 6.45) is -2.88. The molecule has 0 atom stereocenters. The molecule has 0 fully saturated rings. The molecule has 0 radical (unpaired) electrons. The van der Waals surface area contributed by atoms with Crippen LogP contribution in [0.15, 0.2) is 24.3 Å². The van der Waals surface area contributed by atoms with E-state index in [0.29, 0.717) is 22.7 Å². The van der Waals surface area contributed by atoms with Crippen molar-refractivity contribution >= 4 is 249 Å². The molecule has 396 valence electrons. The van der Waals surface area contributed by atoms with Crippen molar-refractivity contribution in [3.63, 3.8) is 0 Å². The number of carbonyl (C=O) groups is 2. The van der Waals surface area contributed by atoms with Gasteiger partial charge in [0.1, 0.15) is 0 Å². The summed E-state index contributed by atoms with van der Waals surface area (Å²) in [6, 6.07) is 4.90. The van der Waals surface area contributed by atoms with Crippen LogP contribution in [-0.4, -0.2) is 57.7 Å². The molecule has 1 amide bonds. The van der Waals surface area contributed by atoms with Gasteiger partial charge in [-0.25, -0.2) is 31.8 Å². The molecule has 0 spiro atoms. The van der Waals surface area contributed by atoms with E-state index >= 15 is 0 Å². The maximum absolute atomic E-state index is 14.3. The summed E-state index contributed by atoms with van der Waals surface area (Å²) in [4.78, 5) is 20.6. The van der Waals surface area contributed by atoms with Crippen LogP contribution in [-0.2, 0) is 204 Å². The Hall–Kier alpha value is 0.690. The number of hydrogen-bond acceptors (Lipinski definition) is 12. The zero-order chi connectivity index (χ0) is 50.4. The monoisotopic (exact) mass is 1410 g/mol. The normalized spacial score (nSPS) is 9.81. The molecule has 0 unspecified atom stereocenters. The Bertz CT molecular complexity index is 3130. The van der Waals surface area contributed by atoms with Gasteiger partial charge in [-0.05, 0) is 19.2 Å². The third kappa shape index (κ3) is 26.3. The van der Waals surface area contributed by atoms with Crippen LogP contribution >= 0.6 is 35.1 Å². The van der Waals surface area contributed by atoms with E-state index in [-0.39, 0.29) is 67.9 Å². The van der Waals surface area contributed by atoms with E-state index in [2.05, 4.69) is 5.73 Å². The Balaban J connectivity index is 0. The van der Waals surface area contributed by atoms with Crippen LogP contribution in [0.25, 0.3) is 20.2 Å². The Morgan fingerprint density at radius 2 is 0.913 bits per heavy atom. The number of thiophene rings is 2. The second kappa shape index (κ2) is 40.9. The summed E-state index contributed by atoms with van der Waals surface area (Å²) in [7, 11) is 37.5. The van der Waals surface area contributed by atoms with Gasteiger partial charge in [0.2, 0.25) is 5.91 Å². The maximum atomic E-state index is 14.3. The van der Waals surface area contributed by atoms with Gasteiger partial charge in [-0.1, -0.05) is 7.43 Å². The molecule has 0 aliphatic heterocycles. The van der Waals surface area contributed by atoms with Gasteiger partial charge in [-0.2, -0.15) is 0 Å². The number of rotatable bonds is 12. The largest absolute Gasteiger partial charge is 0.493 e. The highest BCUT2D eigenvalue weighted by atomic mass is 35.5. The van der Waals surface area contributed by atoms with E-state index in [1.807, 2.05) is 0 Å². The number of ether oxygens (including phenoxy) is 4. The van der Waals surface area contributed by atoms with Gasteiger partial charge in [0.15, 0.2) is 34.6 Å². The number of aliphatic carboxylic acids is 1. The lowest BCUT2D eigenvalue weighted by molar-refractivity contribution is -0.139. The SMILES string of the molecule is C.CN.COc1cc2sc(C(F)(F)CCC(=O)NO)cc2c(F)c1OC.COc1cc2sc(C(F)(F)CCC(=O)O)cc2c(F)c1OC.Cl.S=S=S=S=S=S=S=S=S=S=S=S=S=S=S=S=S=S=S=S. The highest BCUT2D eigenvalue weighted by molar-refractivity contribution is 8.78. The molecule has 2 aromatic heterocycles. The molecular weight excluding hydrogens is 1370 g/mol. The summed E-state index contributed by atoms with van der Waals surface area (Å²) in [5.74, 6) is -10.6. The Labute approximate surface area is 468 Å².